The van der Waals surface area contributed by atoms with Gasteiger partial charge in [0.15, 0.2) is 0 Å². The van der Waals surface area contributed by atoms with E-state index in [1.165, 1.54) is 0 Å². The van der Waals surface area contributed by atoms with Crippen molar-refractivity contribution in [3.8, 4) is 0 Å². The number of benzene rings is 1. The molecule has 2 amide bonds. The molecule has 0 spiro atoms. The molecule has 0 radical (unpaired) electrons. The Morgan fingerprint density at radius 2 is 1.84 bits per heavy atom. The number of ether oxygens (including phenoxy) is 1. The van der Waals surface area contributed by atoms with Crippen molar-refractivity contribution in [2.45, 2.75) is 51.8 Å². The van der Waals surface area contributed by atoms with Gasteiger partial charge in [-0.1, -0.05) is 50.6 Å². The van der Waals surface area contributed by atoms with E-state index in [0.29, 0.717) is 0 Å². The minimum Gasteiger partial charge on any atom is -0.461 e. The number of rotatable bonds is 10. The number of carbonyl (C=O) groups is 3. The van der Waals surface area contributed by atoms with Crippen LogP contribution in [0.15, 0.2) is 30.3 Å². The lowest BCUT2D eigenvalue weighted by Crippen LogP contribution is -2.52. The van der Waals surface area contributed by atoms with E-state index in [4.69, 9.17) is 16.2 Å². The van der Waals surface area contributed by atoms with Crippen molar-refractivity contribution in [3.05, 3.63) is 35.9 Å². The molecule has 0 aromatic heterocycles. The summed E-state index contributed by atoms with van der Waals surface area (Å²) in [6.07, 6.45) is 0.781. The number of esters is 1. The third-order valence-electron chi connectivity index (χ3n) is 4.10. The molecule has 7 heteroatoms. The average Bonchev–Trinajstić information content (AvgIpc) is 2.62. The molecular weight excluding hydrogens is 322 g/mol. The van der Waals surface area contributed by atoms with Crippen LogP contribution in [0.2, 0.25) is 0 Å². The minimum atomic E-state index is -0.952. The van der Waals surface area contributed by atoms with Gasteiger partial charge in [-0.05, 0) is 17.9 Å². The van der Waals surface area contributed by atoms with E-state index in [9.17, 15) is 14.4 Å². The summed E-state index contributed by atoms with van der Waals surface area (Å²) in [5.74, 6) is -1.64. The molecule has 0 heterocycles. The van der Waals surface area contributed by atoms with Crippen molar-refractivity contribution < 1.29 is 19.1 Å². The van der Waals surface area contributed by atoms with Gasteiger partial charge in [0.2, 0.25) is 11.8 Å². The minimum absolute atomic E-state index is 0.0237. The van der Waals surface area contributed by atoms with Crippen LogP contribution >= 0.6 is 0 Å². The zero-order valence-electron chi connectivity index (χ0n) is 14.7. The monoisotopic (exact) mass is 349 g/mol. The molecule has 0 aliphatic heterocycles. The Balaban J connectivity index is 2.45. The van der Waals surface area contributed by atoms with E-state index in [1.54, 1.807) is 0 Å². The lowest BCUT2D eigenvalue weighted by Gasteiger charge is -2.21. The number of carbonyl (C=O) groups excluding carboxylic acids is 3. The lowest BCUT2D eigenvalue weighted by atomic mass is 9.99. The van der Waals surface area contributed by atoms with Gasteiger partial charge in [-0.15, -0.1) is 0 Å². The number of primary amides is 1. The molecule has 0 saturated carbocycles. The Hall–Kier alpha value is -2.41. The average molecular weight is 349 g/mol. The number of amides is 2. The van der Waals surface area contributed by atoms with Crippen LogP contribution in [-0.4, -0.2) is 29.9 Å². The maximum atomic E-state index is 12.1. The largest absolute Gasteiger partial charge is 0.461 e. The van der Waals surface area contributed by atoms with Crippen LogP contribution in [0, 0.1) is 5.92 Å². The molecule has 1 rings (SSSR count). The summed E-state index contributed by atoms with van der Waals surface area (Å²) >= 11 is 0. The molecule has 1 aromatic rings. The van der Waals surface area contributed by atoms with E-state index < -0.39 is 29.9 Å². The topological polar surface area (TPSA) is 125 Å². The predicted molar refractivity (Wildman–Crippen MR) is 94.0 cm³/mol. The maximum absolute atomic E-state index is 12.1. The summed E-state index contributed by atoms with van der Waals surface area (Å²) in [7, 11) is 0. The Morgan fingerprint density at radius 1 is 1.20 bits per heavy atom. The summed E-state index contributed by atoms with van der Waals surface area (Å²) in [5.41, 5.74) is 12.0. The molecule has 25 heavy (non-hydrogen) atoms. The highest BCUT2D eigenvalue weighted by Crippen LogP contribution is 2.08. The molecule has 7 nitrogen and oxygen atoms in total. The molecule has 0 bridgehead atoms. The summed E-state index contributed by atoms with van der Waals surface area (Å²) in [5, 5.41) is 2.51. The van der Waals surface area contributed by atoms with E-state index in [1.807, 2.05) is 44.2 Å². The van der Waals surface area contributed by atoms with Crippen molar-refractivity contribution in [3.63, 3.8) is 0 Å². The van der Waals surface area contributed by atoms with E-state index in [2.05, 4.69) is 5.32 Å². The van der Waals surface area contributed by atoms with Crippen LogP contribution < -0.4 is 16.8 Å². The first-order chi connectivity index (χ1) is 11.8. The number of hydrogen-bond donors (Lipinski definition) is 3. The summed E-state index contributed by atoms with van der Waals surface area (Å²) in [6, 6.07) is 7.58. The van der Waals surface area contributed by atoms with Gasteiger partial charge in [-0.2, -0.15) is 0 Å². The van der Waals surface area contributed by atoms with Crippen molar-refractivity contribution in [2.75, 3.05) is 0 Å². The van der Waals surface area contributed by atoms with Crippen LogP contribution in [0.1, 0.15) is 38.7 Å². The van der Waals surface area contributed by atoms with Gasteiger partial charge in [0.05, 0.1) is 6.04 Å². The van der Waals surface area contributed by atoms with Gasteiger partial charge in [0, 0.05) is 6.42 Å². The standard InChI is InChI=1S/C18H27N3O4/c1-3-12(2)16(19)18(24)21-14(17(20)23)9-10-15(22)25-11-13-7-5-4-6-8-13/h4-8,12,14,16H,3,9-11,19H2,1-2H3,(H2,20,23)(H,21,24)/t12-,14-,16-/m0/s1. The van der Waals surface area contributed by atoms with Gasteiger partial charge in [0.1, 0.15) is 12.6 Å². The normalized spacial score (nSPS) is 14.2. The molecule has 1 aromatic carbocycles. The fraction of sp³-hybridized carbons (Fsp3) is 0.500. The van der Waals surface area contributed by atoms with Crippen LogP contribution in [-0.2, 0) is 25.7 Å². The Morgan fingerprint density at radius 3 is 2.40 bits per heavy atom. The maximum Gasteiger partial charge on any atom is 0.306 e. The second-order valence-corrected chi connectivity index (χ2v) is 6.06. The second kappa shape index (κ2) is 10.5. The van der Waals surface area contributed by atoms with Crippen molar-refractivity contribution >= 4 is 17.8 Å². The predicted octanol–water partition coefficient (Wildman–Crippen LogP) is 0.854. The summed E-state index contributed by atoms with van der Waals surface area (Å²) < 4.78 is 5.14. The summed E-state index contributed by atoms with van der Waals surface area (Å²) in [4.78, 5) is 35.4. The third kappa shape index (κ3) is 7.34. The molecule has 0 saturated heterocycles. The van der Waals surface area contributed by atoms with Gasteiger partial charge < -0.3 is 21.5 Å². The number of nitrogens with one attached hydrogen (secondary N) is 1. The first kappa shape index (κ1) is 20.6. The molecule has 0 aliphatic rings. The number of hydrogen-bond acceptors (Lipinski definition) is 5. The Bertz CT molecular complexity index is 577. The van der Waals surface area contributed by atoms with E-state index in [-0.39, 0.29) is 25.4 Å². The smallest absolute Gasteiger partial charge is 0.306 e. The quantitative estimate of drug-likeness (QED) is 0.540. The lowest BCUT2D eigenvalue weighted by molar-refractivity contribution is -0.145. The SMILES string of the molecule is CC[C@H](C)[C@H](N)C(=O)N[C@@H](CCC(=O)OCc1ccccc1)C(N)=O. The molecule has 5 N–H and O–H groups in total. The Labute approximate surface area is 148 Å². The van der Waals surface area contributed by atoms with Crippen LogP contribution in [0.3, 0.4) is 0 Å². The molecule has 3 atom stereocenters. The van der Waals surface area contributed by atoms with Gasteiger partial charge in [-0.3, -0.25) is 14.4 Å². The third-order valence-corrected chi connectivity index (χ3v) is 4.10. The second-order valence-electron chi connectivity index (χ2n) is 6.06. The van der Waals surface area contributed by atoms with Crippen LogP contribution in [0.25, 0.3) is 0 Å². The van der Waals surface area contributed by atoms with Crippen LogP contribution in [0.5, 0.6) is 0 Å². The highest BCUT2D eigenvalue weighted by atomic mass is 16.5. The van der Waals surface area contributed by atoms with Crippen molar-refractivity contribution in [1.82, 2.24) is 5.32 Å². The Kier molecular flexibility index (Phi) is 8.63. The van der Waals surface area contributed by atoms with Crippen LogP contribution in [0.4, 0.5) is 0 Å². The van der Waals surface area contributed by atoms with E-state index in [0.717, 1.165) is 12.0 Å². The van der Waals surface area contributed by atoms with Crippen molar-refractivity contribution in [1.29, 1.82) is 0 Å². The van der Waals surface area contributed by atoms with Gasteiger partial charge in [-0.25, -0.2) is 0 Å². The highest BCUT2D eigenvalue weighted by molar-refractivity contribution is 5.89. The molecular formula is C18H27N3O4. The molecule has 0 fully saturated rings. The van der Waals surface area contributed by atoms with Crippen molar-refractivity contribution in [2.24, 2.45) is 17.4 Å². The molecule has 138 valence electrons. The number of nitrogens with two attached hydrogens (primary N) is 2. The zero-order valence-corrected chi connectivity index (χ0v) is 14.7. The first-order valence-corrected chi connectivity index (χ1v) is 8.40. The molecule has 0 unspecified atom stereocenters. The van der Waals surface area contributed by atoms with E-state index >= 15 is 0 Å². The first-order valence-electron chi connectivity index (χ1n) is 8.40. The summed E-state index contributed by atoms with van der Waals surface area (Å²) in [6.45, 7) is 3.93. The fourth-order valence-electron chi connectivity index (χ4n) is 2.14. The van der Waals surface area contributed by atoms with Gasteiger partial charge in [0.25, 0.3) is 0 Å². The van der Waals surface area contributed by atoms with Gasteiger partial charge >= 0.3 is 5.97 Å². The highest BCUT2D eigenvalue weighted by Gasteiger charge is 2.25. The fourth-order valence-corrected chi connectivity index (χ4v) is 2.14. The zero-order chi connectivity index (χ0) is 18.8. The molecule has 0 aliphatic carbocycles.